The Balaban J connectivity index is 1.65. The lowest BCUT2D eigenvalue weighted by atomic mass is 10.1. The van der Waals surface area contributed by atoms with E-state index >= 15 is 0 Å². The predicted molar refractivity (Wildman–Crippen MR) is 118 cm³/mol. The zero-order valence-corrected chi connectivity index (χ0v) is 18.1. The van der Waals surface area contributed by atoms with Gasteiger partial charge in [-0.1, -0.05) is 13.0 Å². The monoisotopic (exact) mass is 431 g/mol. The van der Waals surface area contributed by atoms with Gasteiger partial charge in [-0.3, -0.25) is 9.55 Å². The summed E-state index contributed by atoms with van der Waals surface area (Å²) >= 11 is 0. The summed E-state index contributed by atoms with van der Waals surface area (Å²) in [6.07, 6.45) is 11.5. The summed E-state index contributed by atoms with van der Waals surface area (Å²) in [4.78, 5) is 9.17. The first-order valence-corrected chi connectivity index (χ1v) is 11.7. The molecule has 0 atom stereocenters. The van der Waals surface area contributed by atoms with Crippen molar-refractivity contribution in [3.05, 3.63) is 59.9 Å². The summed E-state index contributed by atoms with van der Waals surface area (Å²) in [5, 5.41) is 10.7. The number of nitriles is 1. The first kappa shape index (κ1) is 19.7. The van der Waals surface area contributed by atoms with Crippen LogP contribution in [0.4, 0.5) is 0 Å². The molecule has 2 aliphatic rings. The summed E-state index contributed by atoms with van der Waals surface area (Å²) in [5.41, 5.74) is 3.88. The summed E-state index contributed by atoms with van der Waals surface area (Å²) in [7, 11) is -3.64. The van der Waals surface area contributed by atoms with Gasteiger partial charge < -0.3 is 0 Å². The highest BCUT2D eigenvalue weighted by Gasteiger charge is 2.41. The number of fused-ring (bicyclic) bond motifs is 1. The molecule has 3 heterocycles. The second kappa shape index (κ2) is 6.87. The molecule has 0 amide bonds. The highest BCUT2D eigenvalue weighted by molar-refractivity contribution is 7.89. The molecule has 156 valence electrons. The van der Waals surface area contributed by atoms with Crippen molar-refractivity contribution in [1.82, 2.24) is 19.3 Å². The maximum absolute atomic E-state index is 12.7. The highest BCUT2D eigenvalue weighted by atomic mass is 32.2. The maximum atomic E-state index is 12.7. The molecule has 0 radical (unpaired) electrons. The van der Waals surface area contributed by atoms with E-state index in [0.29, 0.717) is 22.6 Å². The minimum atomic E-state index is -3.64. The Labute approximate surface area is 180 Å². The molecule has 1 fully saturated rings. The van der Waals surface area contributed by atoms with Crippen molar-refractivity contribution in [2.45, 2.75) is 43.5 Å². The van der Waals surface area contributed by atoms with Gasteiger partial charge in [0.2, 0.25) is 10.0 Å². The van der Waals surface area contributed by atoms with Gasteiger partial charge in [0.25, 0.3) is 0 Å². The Bertz CT molecular complexity index is 1420. The Morgan fingerprint density at radius 1 is 1.26 bits per heavy atom. The number of nitrogens with zero attached hydrogens (tertiary/aromatic N) is 4. The lowest BCUT2D eigenvalue weighted by molar-refractivity contribution is 0.557. The van der Waals surface area contributed by atoms with E-state index in [0.717, 1.165) is 35.9 Å². The average Bonchev–Trinajstić information content (AvgIpc) is 3.35. The molecular formula is C23H21N5O2S. The van der Waals surface area contributed by atoms with E-state index in [1.807, 2.05) is 48.9 Å². The molecule has 8 heteroatoms. The molecule has 1 N–H and O–H groups in total. The van der Waals surface area contributed by atoms with E-state index < -0.39 is 10.0 Å². The normalized spacial score (nSPS) is 16.6. The van der Waals surface area contributed by atoms with Gasteiger partial charge in [0.05, 0.1) is 17.0 Å². The zero-order chi connectivity index (χ0) is 21.8. The van der Waals surface area contributed by atoms with E-state index in [1.54, 1.807) is 6.07 Å². The topological polar surface area (TPSA) is 101 Å². The minimum absolute atomic E-state index is 0.111. The molecule has 31 heavy (non-hydrogen) atoms. The second-order valence-electron chi connectivity index (χ2n) is 8.24. The summed E-state index contributed by atoms with van der Waals surface area (Å²) in [6, 6.07) is 7.49. The molecule has 0 saturated heterocycles. The fourth-order valence-corrected chi connectivity index (χ4v) is 5.10. The largest absolute Gasteiger partial charge is 0.291 e. The van der Waals surface area contributed by atoms with Crippen molar-refractivity contribution in [2.24, 2.45) is 0 Å². The van der Waals surface area contributed by atoms with Crippen LogP contribution >= 0.6 is 0 Å². The standard InChI is InChI=1S/C23H21N5O2S/c1-3-15-11-18-19(12-24)21(28(16-5-4-6-16)22(18)26-13-15)20-8-7-17(14-25-20)31(29,30)27-23(2)9-10-23/h4-8,11,13-14,27H,3,9-10H2,1-2H3. The average molecular weight is 432 g/mol. The highest BCUT2D eigenvalue weighted by Crippen LogP contribution is 2.38. The molecule has 0 bridgehead atoms. The van der Waals surface area contributed by atoms with Crippen LogP contribution in [0, 0.1) is 11.3 Å². The molecule has 0 spiro atoms. The van der Waals surface area contributed by atoms with Crippen LogP contribution in [0.1, 0.15) is 37.8 Å². The number of aromatic nitrogens is 3. The third kappa shape index (κ3) is 3.26. The molecule has 0 aromatic carbocycles. The Kier molecular flexibility index (Phi) is 4.36. The van der Waals surface area contributed by atoms with E-state index in [1.165, 1.54) is 12.3 Å². The van der Waals surface area contributed by atoms with Crippen LogP contribution < -0.4 is 4.72 Å². The van der Waals surface area contributed by atoms with E-state index in [2.05, 4.69) is 20.8 Å². The van der Waals surface area contributed by atoms with Crippen LogP contribution in [0.15, 0.2) is 53.7 Å². The molecule has 5 rings (SSSR count). The predicted octanol–water partition coefficient (Wildman–Crippen LogP) is 3.77. The van der Waals surface area contributed by atoms with Crippen LogP contribution in [-0.4, -0.2) is 28.5 Å². The van der Waals surface area contributed by atoms with Crippen LogP contribution in [0.2, 0.25) is 0 Å². The van der Waals surface area contributed by atoms with Gasteiger partial charge in [-0.25, -0.2) is 18.1 Å². The van der Waals surface area contributed by atoms with E-state index in [9.17, 15) is 13.7 Å². The number of aryl methyl sites for hydroxylation is 1. The zero-order valence-electron chi connectivity index (χ0n) is 17.3. The van der Waals surface area contributed by atoms with Crippen molar-refractivity contribution in [3.63, 3.8) is 0 Å². The summed E-state index contributed by atoms with van der Waals surface area (Å²) < 4.78 is 30.0. The quantitative estimate of drug-likeness (QED) is 0.640. The number of hydrogen-bond acceptors (Lipinski definition) is 5. The van der Waals surface area contributed by atoms with Crippen molar-refractivity contribution in [3.8, 4) is 17.5 Å². The first-order valence-electron chi connectivity index (χ1n) is 10.2. The van der Waals surface area contributed by atoms with E-state index in [-0.39, 0.29) is 10.4 Å². The molecule has 0 unspecified atom stereocenters. The number of nitrogens with one attached hydrogen (secondary N) is 1. The maximum Gasteiger partial charge on any atom is 0.242 e. The minimum Gasteiger partial charge on any atom is -0.291 e. The van der Waals surface area contributed by atoms with E-state index in [4.69, 9.17) is 0 Å². The van der Waals surface area contributed by atoms with Gasteiger partial charge in [0.15, 0.2) is 0 Å². The molecule has 0 aliphatic heterocycles. The van der Waals surface area contributed by atoms with Gasteiger partial charge in [0.1, 0.15) is 16.6 Å². The summed E-state index contributed by atoms with van der Waals surface area (Å²) in [5.74, 6) is 0. The van der Waals surface area contributed by atoms with Gasteiger partial charge in [0, 0.05) is 29.0 Å². The number of allylic oxidation sites excluding steroid dienone is 4. The SMILES string of the molecule is CCc1cnc2c(c1)c(C#N)c(-c1ccc(S(=O)(=O)NC3(C)CC3)cn1)n2C1=CC=C1. The summed E-state index contributed by atoms with van der Waals surface area (Å²) in [6.45, 7) is 3.93. The van der Waals surface area contributed by atoms with Crippen molar-refractivity contribution >= 4 is 26.8 Å². The Hall–Kier alpha value is -3.28. The molecule has 1 saturated carbocycles. The van der Waals surface area contributed by atoms with Crippen LogP contribution in [0.25, 0.3) is 28.1 Å². The van der Waals surface area contributed by atoms with Gasteiger partial charge in [-0.05, 0) is 62.1 Å². The number of hydrogen-bond donors (Lipinski definition) is 1. The molecule has 7 nitrogen and oxygen atoms in total. The third-order valence-electron chi connectivity index (χ3n) is 5.85. The lowest BCUT2D eigenvalue weighted by Crippen LogP contribution is -2.34. The van der Waals surface area contributed by atoms with Crippen molar-refractivity contribution < 1.29 is 8.42 Å². The molecule has 2 aliphatic carbocycles. The van der Waals surface area contributed by atoms with Crippen LogP contribution in [0.5, 0.6) is 0 Å². The fourth-order valence-electron chi connectivity index (χ4n) is 3.69. The Morgan fingerprint density at radius 3 is 2.58 bits per heavy atom. The van der Waals surface area contributed by atoms with Gasteiger partial charge in [-0.2, -0.15) is 5.26 Å². The van der Waals surface area contributed by atoms with Crippen molar-refractivity contribution in [1.29, 1.82) is 5.26 Å². The third-order valence-corrected chi connectivity index (χ3v) is 7.47. The Morgan fingerprint density at radius 2 is 2.03 bits per heavy atom. The number of rotatable bonds is 6. The van der Waals surface area contributed by atoms with Gasteiger partial charge in [-0.15, -0.1) is 0 Å². The first-order chi connectivity index (χ1) is 14.8. The van der Waals surface area contributed by atoms with Crippen LogP contribution in [0.3, 0.4) is 0 Å². The lowest BCUT2D eigenvalue weighted by Gasteiger charge is -2.15. The second-order valence-corrected chi connectivity index (χ2v) is 9.92. The molecule has 3 aromatic rings. The number of sulfonamides is 1. The smallest absolute Gasteiger partial charge is 0.242 e. The van der Waals surface area contributed by atoms with Gasteiger partial charge >= 0.3 is 0 Å². The van der Waals surface area contributed by atoms with Crippen LogP contribution in [-0.2, 0) is 16.4 Å². The molecule has 3 aromatic heterocycles. The molecular weight excluding hydrogens is 410 g/mol. The van der Waals surface area contributed by atoms with Crippen molar-refractivity contribution in [2.75, 3.05) is 0 Å². The number of pyridine rings is 2. The fraction of sp³-hybridized carbons (Fsp3) is 0.261.